The first kappa shape index (κ1) is 23.4. The number of nitrogens with zero attached hydrogens (tertiary/aromatic N) is 3. The Bertz CT molecular complexity index is 1570. The first-order chi connectivity index (χ1) is 17.5. The second kappa shape index (κ2) is 10.1. The van der Waals surface area contributed by atoms with E-state index in [2.05, 4.69) is 26.6 Å². The van der Waals surface area contributed by atoms with Crippen LogP contribution >= 0.6 is 11.8 Å². The predicted molar refractivity (Wildman–Crippen MR) is 141 cm³/mol. The Kier molecular flexibility index (Phi) is 6.55. The van der Waals surface area contributed by atoms with Crippen molar-refractivity contribution in [3.63, 3.8) is 0 Å². The van der Waals surface area contributed by atoms with Crippen LogP contribution in [0.4, 0.5) is 5.69 Å². The molecule has 0 aliphatic rings. The van der Waals surface area contributed by atoms with Gasteiger partial charge in [-0.25, -0.2) is 4.79 Å². The summed E-state index contributed by atoms with van der Waals surface area (Å²) in [5, 5.41) is 13.4. The molecule has 5 aromatic rings. The number of para-hydroxylation sites is 2. The van der Waals surface area contributed by atoms with Crippen LogP contribution in [0.25, 0.3) is 28.0 Å². The molecule has 0 fully saturated rings. The van der Waals surface area contributed by atoms with Gasteiger partial charge in [-0.3, -0.25) is 9.36 Å². The van der Waals surface area contributed by atoms with E-state index in [-0.39, 0.29) is 11.7 Å². The summed E-state index contributed by atoms with van der Waals surface area (Å²) in [5.74, 6) is -0.0326. The molecule has 0 saturated carbocycles. The molecule has 0 saturated heterocycles. The smallest absolute Gasteiger partial charge is 0.339 e. The van der Waals surface area contributed by atoms with Gasteiger partial charge in [0.2, 0.25) is 5.91 Å². The van der Waals surface area contributed by atoms with Crippen molar-refractivity contribution in [1.29, 1.82) is 0 Å². The lowest BCUT2D eigenvalue weighted by Gasteiger charge is -2.12. The quantitative estimate of drug-likeness (QED) is 0.235. The molecular weight excluding hydrogens is 474 g/mol. The number of fused-ring (bicyclic) bond motifs is 1. The Balaban J connectivity index is 1.45. The Morgan fingerprint density at radius 2 is 1.83 bits per heavy atom. The molecule has 2 heterocycles. The number of hydrogen-bond acceptors (Lipinski definition) is 6. The fourth-order valence-electron chi connectivity index (χ4n) is 3.99. The molecule has 2 aromatic heterocycles. The Hall–Kier alpha value is -4.37. The van der Waals surface area contributed by atoms with Crippen molar-refractivity contribution in [2.45, 2.75) is 12.1 Å². The van der Waals surface area contributed by atoms with Crippen LogP contribution < -0.4 is 5.32 Å². The van der Waals surface area contributed by atoms with Crippen molar-refractivity contribution in [3.8, 4) is 17.1 Å². The van der Waals surface area contributed by atoms with Gasteiger partial charge in [0, 0.05) is 28.4 Å². The Morgan fingerprint density at radius 3 is 2.67 bits per heavy atom. The van der Waals surface area contributed by atoms with Crippen LogP contribution in [-0.4, -0.2) is 44.5 Å². The summed E-state index contributed by atoms with van der Waals surface area (Å²) in [6.07, 6.45) is 1.92. The largest absolute Gasteiger partial charge is 0.465 e. The third-order valence-electron chi connectivity index (χ3n) is 5.66. The predicted octanol–water partition coefficient (Wildman–Crippen LogP) is 5.24. The Labute approximate surface area is 211 Å². The number of carbonyl (C=O) groups excluding carboxylic acids is 2. The van der Waals surface area contributed by atoms with Gasteiger partial charge in [0.05, 0.1) is 24.1 Å². The first-order valence-electron chi connectivity index (χ1n) is 11.2. The fourth-order valence-corrected chi connectivity index (χ4v) is 4.74. The number of carbonyl (C=O) groups is 2. The van der Waals surface area contributed by atoms with E-state index < -0.39 is 5.97 Å². The molecule has 3 aromatic carbocycles. The number of methoxy groups -OCH3 is 1. The molecule has 1 amide bonds. The molecule has 0 unspecified atom stereocenters. The minimum atomic E-state index is -0.513. The number of nitrogens with one attached hydrogen (secondary N) is 2. The molecular formula is C27H23N5O3S. The summed E-state index contributed by atoms with van der Waals surface area (Å²) >= 11 is 1.27. The number of aryl methyl sites for hydroxylation is 1. The normalized spacial score (nSPS) is 10.9. The summed E-state index contributed by atoms with van der Waals surface area (Å²) < 4.78 is 6.77. The number of amides is 1. The van der Waals surface area contributed by atoms with Crippen molar-refractivity contribution in [3.05, 3.63) is 90.1 Å². The maximum absolute atomic E-state index is 12.8. The number of H-pyrrole nitrogens is 1. The zero-order valence-electron chi connectivity index (χ0n) is 19.7. The molecule has 180 valence electrons. The van der Waals surface area contributed by atoms with Crippen molar-refractivity contribution in [2.24, 2.45) is 0 Å². The lowest BCUT2D eigenvalue weighted by molar-refractivity contribution is -0.113. The fraction of sp³-hybridized carbons (Fsp3) is 0.111. The van der Waals surface area contributed by atoms with Crippen molar-refractivity contribution >= 4 is 40.2 Å². The van der Waals surface area contributed by atoms with E-state index >= 15 is 0 Å². The summed E-state index contributed by atoms with van der Waals surface area (Å²) in [5.41, 5.74) is 4.61. The van der Waals surface area contributed by atoms with Crippen LogP contribution in [0.1, 0.15) is 15.9 Å². The average molecular weight is 498 g/mol. The molecule has 36 heavy (non-hydrogen) atoms. The second-order valence-electron chi connectivity index (χ2n) is 8.10. The molecule has 2 N–H and O–H groups in total. The summed E-state index contributed by atoms with van der Waals surface area (Å²) in [6, 6.07) is 22.8. The zero-order valence-corrected chi connectivity index (χ0v) is 20.5. The van der Waals surface area contributed by atoms with Gasteiger partial charge in [-0.1, -0.05) is 54.2 Å². The van der Waals surface area contributed by atoms with Gasteiger partial charge in [0.25, 0.3) is 0 Å². The van der Waals surface area contributed by atoms with Crippen LogP contribution in [0.3, 0.4) is 0 Å². The molecule has 8 nitrogen and oxygen atoms in total. The highest BCUT2D eigenvalue weighted by atomic mass is 32.2. The highest BCUT2D eigenvalue weighted by Gasteiger charge is 2.20. The van der Waals surface area contributed by atoms with Crippen LogP contribution in [-0.2, 0) is 9.53 Å². The van der Waals surface area contributed by atoms with E-state index in [1.54, 1.807) is 24.3 Å². The number of benzene rings is 3. The number of aromatic nitrogens is 4. The third-order valence-corrected chi connectivity index (χ3v) is 6.59. The lowest BCUT2D eigenvalue weighted by atomic mass is 10.1. The minimum Gasteiger partial charge on any atom is -0.465 e. The number of esters is 1. The van der Waals surface area contributed by atoms with Crippen molar-refractivity contribution in [2.75, 3.05) is 18.2 Å². The lowest BCUT2D eigenvalue weighted by Crippen LogP contribution is -2.17. The molecule has 0 bridgehead atoms. The number of anilines is 1. The average Bonchev–Trinajstić information content (AvgIpc) is 3.51. The molecule has 5 rings (SSSR count). The zero-order chi connectivity index (χ0) is 25.1. The molecule has 0 aliphatic carbocycles. The van der Waals surface area contributed by atoms with Gasteiger partial charge in [0.1, 0.15) is 0 Å². The van der Waals surface area contributed by atoms with E-state index in [1.165, 1.54) is 18.9 Å². The number of aromatic amines is 1. The SMILES string of the molecule is COC(=O)c1ccccc1NC(=O)CSc1nnc(-c2c[nH]c3ccccc23)n1-c1cccc(C)c1. The van der Waals surface area contributed by atoms with E-state index in [9.17, 15) is 9.59 Å². The first-order valence-corrected chi connectivity index (χ1v) is 12.2. The molecule has 9 heteroatoms. The van der Waals surface area contributed by atoms with Gasteiger partial charge >= 0.3 is 5.97 Å². The third kappa shape index (κ3) is 4.60. The monoisotopic (exact) mass is 497 g/mol. The van der Waals surface area contributed by atoms with Gasteiger partial charge < -0.3 is 15.0 Å². The van der Waals surface area contributed by atoms with Gasteiger partial charge in [-0.15, -0.1) is 10.2 Å². The number of rotatable bonds is 7. The minimum absolute atomic E-state index is 0.0767. The number of hydrogen-bond donors (Lipinski definition) is 2. The summed E-state index contributed by atoms with van der Waals surface area (Å²) in [7, 11) is 1.31. The summed E-state index contributed by atoms with van der Waals surface area (Å²) in [4.78, 5) is 28.1. The van der Waals surface area contributed by atoms with Gasteiger partial charge in [-0.05, 0) is 42.8 Å². The highest BCUT2D eigenvalue weighted by molar-refractivity contribution is 7.99. The standard InChI is InChI=1S/C27H23N5O3S/c1-17-8-7-9-18(14-17)32-25(21-15-28-22-12-5-3-10-19(21)22)30-31-27(32)36-16-24(33)29-23-13-6-4-11-20(23)26(34)35-2/h3-15,28H,16H2,1-2H3,(H,29,33). The number of thioether (sulfide) groups is 1. The highest BCUT2D eigenvalue weighted by Crippen LogP contribution is 2.32. The van der Waals surface area contributed by atoms with E-state index in [0.717, 1.165) is 27.7 Å². The van der Waals surface area contributed by atoms with Gasteiger partial charge in [0.15, 0.2) is 11.0 Å². The molecule has 0 aliphatic heterocycles. The summed E-state index contributed by atoms with van der Waals surface area (Å²) in [6.45, 7) is 2.03. The van der Waals surface area contributed by atoms with Crippen molar-refractivity contribution in [1.82, 2.24) is 19.7 Å². The van der Waals surface area contributed by atoms with Crippen LogP contribution in [0.5, 0.6) is 0 Å². The van der Waals surface area contributed by atoms with E-state index in [1.807, 2.05) is 60.2 Å². The molecule has 0 atom stereocenters. The van der Waals surface area contributed by atoms with E-state index in [4.69, 9.17) is 4.74 Å². The molecule has 0 spiro atoms. The van der Waals surface area contributed by atoms with Gasteiger partial charge in [-0.2, -0.15) is 0 Å². The molecule has 0 radical (unpaired) electrons. The van der Waals surface area contributed by atoms with Crippen LogP contribution in [0, 0.1) is 6.92 Å². The Morgan fingerprint density at radius 1 is 1.03 bits per heavy atom. The maximum atomic E-state index is 12.8. The second-order valence-corrected chi connectivity index (χ2v) is 9.05. The topological polar surface area (TPSA) is 102 Å². The number of ether oxygens (including phenoxy) is 1. The van der Waals surface area contributed by atoms with Crippen LogP contribution in [0.2, 0.25) is 0 Å². The van der Waals surface area contributed by atoms with Crippen LogP contribution in [0.15, 0.2) is 84.1 Å². The van der Waals surface area contributed by atoms with Crippen molar-refractivity contribution < 1.29 is 14.3 Å². The van der Waals surface area contributed by atoms with E-state index in [0.29, 0.717) is 22.2 Å². The maximum Gasteiger partial charge on any atom is 0.339 e.